The van der Waals surface area contributed by atoms with E-state index in [4.69, 9.17) is 16.3 Å². The van der Waals surface area contributed by atoms with Gasteiger partial charge in [-0.05, 0) is 38.0 Å². The van der Waals surface area contributed by atoms with Gasteiger partial charge in [-0.15, -0.1) is 11.6 Å². The van der Waals surface area contributed by atoms with Gasteiger partial charge in [-0.2, -0.15) is 0 Å². The largest absolute Gasteiger partial charge is 0.370 e. The van der Waals surface area contributed by atoms with Gasteiger partial charge in [0.25, 0.3) is 0 Å². The van der Waals surface area contributed by atoms with Crippen molar-refractivity contribution in [2.75, 3.05) is 6.61 Å². The minimum absolute atomic E-state index is 0.0542. The van der Waals surface area contributed by atoms with Gasteiger partial charge in [-0.1, -0.05) is 0 Å². The maximum atomic E-state index is 13.6. The lowest BCUT2D eigenvalue weighted by Crippen LogP contribution is -2.36. The molecule has 16 heavy (non-hydrogen) atoms. The molecule has 1 heterocycles. The average molecular weight is 247 g/mol. The molecule has 0 aromatic heterocycles. The van der Waals surface area contributed by atoms with E-state index in [1.807, 2.05) is 0 Å². The first kappa shape index (κ1) is 11.8. The normalized spacial score (nSPS) is 30.4. The summed E-state index contributed by atoms with van der Waals surface area (Å²) in [5.74, 6) is -0.910. The van der Waals surface area contributed by atoms with Crippen LogP contribution >= 0.6 is 11.6 Å². The van der Waals surface area contributed by atoms with E-state index in [9.17, 15) is 8.78 Å². The van der Waals surface area contributed by atoms with Crippen LogP contribution in [0.3, 0.4) is 0 Å². The molecule has 1 nitrogen and oxygen atoms in total. The van der Waals surface area contributed by atoms with Gasteiger partial charge in [0.1, 0.15) is 11.6 Å². The highest BCUT2D eigenvalue weighted by Crippen LogP contribution is 2.38. The second-order valence-electron chi connectivity index (χ2n) is 4.29. The van der Waals surface area contributed by atoms with Crippen molar-refractivity contribution >= 4 is 11.6 Å². The smallest absolute Gasteiger partial charge is 0.129 e. The fourth-order valence-corrected chi connectivity index (χ4v) is 2.47. The van der Waals surface area contributed by atoms with Crippen LogP contribution in [0.2, 0.25) is 0 Å². The Bertz CT molecular complexity index is 397. The molecule has 0 bridgehead atoms. The van der Waals surface area contributed by atoms with E-state index in [0.717, 1.165) is 18.6 Å². The quantitative estimate of drug-likeness (QED) is 0.688. The minimum Gasteiger partial charge on any atom is -0.370 e. The van der Waals surface area contributed by atoms with Crippen LogP contribution in [-0.2, 0) is 10.3 Å². The number of hydrogen-bond donors (Lipinski definition) is 0. The molecular weight excluding hydrogens is 234 g/mol. The molecule has 1 fully saturated rings. The van der Waals surface area contributed by atoms with Gasteiger partial charge in [-0.3, -0.25) is 0 Å². The Balaban J connectivity index is 2.37. The summed E-state index contributed by atoms with van der Waals surface area (Å²) in [6, 6.07) is 3.41. The SMILES string of the molecule is CC1(c2cc(F)ccc2F)CC(Cl)CCO1. The molecule has 4 heteroatoms. The van der Waals surface area contributed by atoms with Crippen LogP contribution in [0.25, 0.3) is 0 Å². The molecule has 0 radical (unpaired) electrons. The Hall–Kier alpha value is -0.670. The highest BCUT2D eigenvalue weighted by atomic mass is 35.5. The fraction of sp³-hybridized carbons (Fsp3) is 0.500. The van der Waals surface area contributed by atoms with Gasteiger partial charge in [0.05, 0.1) is 5.60 Å². The van der Waals surface area contributed by atoms with Gasteiger partial charge in [0.2, 0.25) is 0 Å². The molecule has 2 rings (SSSR count). The summed E-state index contributed by atoms with van der Waals surface area (Å²) in [5, 5.41) is -0.0542. The van der Waals surface area contributed by atoms with E-state index in [1.54, 1.807) is 6.92 Å². The molecule has 0 amide bonds. The topological polar surface area (TPSA) is 9.23 Å². The molecule has 0 spiro atoms. The molecule has 0 aliphatic carbocycles. The summed E-state index contributed by atoms with van der Waals surface area (Å²) in [5.41, 5.74) is -0.575. The zero-order chi connectivity index (χ0) is 11.8. The van der Waals surface area contributed by atoms with Crippen LogP contribution in [-0.4, -0.2) is 12.0 Å². The van der Waals surface area contributed by atoms with Crippen molar-refractivity contribution in [2.45, 2.75) is 30.7 Å². The van der Waals surface area contributed by atoms with Crippen LogP contribution < -0.4 is 0 Å². The third-order valence-electron chi connectivity index (χ3n) is 2.96. The fourth-order valence-electron chi connectivity index (χ4n) is 2.09. The second kappa shape index (κ2) is 4.30. The first-order chi connectivity index (χ1) is 7.51. The number of ether oxygens (including phenoxy) is 1. The maximum absolute atomic E-state index is 13.6. The van der Waals surface area contributed by atoms with Crippen molar-refractivity contribution < 1.29 is 13.5 Å². The number of rotatable bonds is 1. The molecule has 88 valence electrons. The van der Waals surface area contributed by atoms with Crippen molar-refractivity contribution in [1.29, 1.82) is 0 Å². The van der Waals surface area contributed by atoms with Crippen molar-refractivity contribution in [3.63, 3.8) is 0 Å². The Morgan fingerprint density at radius 1 is 1.44 bits per heavy atom. The first-order valence-corrected chi connectivity index (χ1v) is 5.68. The molecule has 0 saturated carbocycles. The maximum Gasteiger partial charge on any atom is 0.129 e. The number of benzene rings is 1. The van der Waals surface area contributed by atoms with Crippen LogP contribution in [0, 0.1) is 11.6 Å². The molecule has 1 aromatic carbocycles. The molecular formula is C12H13ClF2O. The lowest BCUT2D eigenvalue weighted by molar-refractivity contribution is -0.0706. The Morgan fingerprint density at radius 2 is 2.19 bits per heavy atom. The Morgan fingerprint density at radius 3 is 2.88 bits per heavy atom. The van der Waals surface area contributed by atoms with Crippen LogP contribution in [0.5, 0.6) is 0 Å². The Labute approximate surface area is 98.4 Å². The van der Waals surface area contributed by atoms with E-state index >= 15 is 0 Å². The van der Waals surface area contributed by atoms with Crippen LogP contribution in [0.1, 0.15) is 25.3 Å². The van der Waals surface area contributed by atoms with Gasteiger partial charge < -0.3 is 4.74 Å². The van der Waals surface area contributed by atoms with Gasteiger partial charge in [0.15, 0.2) is 0 Å². The van der Waals surface area contributed by atoms with Crippen molar-refractivity contribution in [3.05, 3.63) is 35.4 Å². The van der Waals surface area contributed by atoms with E-state index in [2.05, 4.69) is 0 Å². The van der Waals surface area contributed by atoms with E-state index in [-0.39, 0.29) is 10.9 Å². The first-order valence-electron chi connectivity index (χ1n) is 5.25. The summed E-state index contributed by atoms with van der Waals surface area (Å²) in [4.78, 5) is 0. The van der Waals surface area contributed by atoms with Crippen LogP contribution in [0.15, 0.2) is 18.2 Å². The third-order valence-corrected chi connectivity index (χ3v) is 3.33. The number of alkyl halides is 1. The summed E-state index contributed by atoms with van der Waals surface area (Å²) < 4.78 is 32.3. The number of hydrogen-bond acceptors (Lipinski definition) is 1. The zero-order valence-corrected chi connectivity index (χ0v) is 9.73. The highest BCUT2D eigenvalue weighted by molar-refractivity contribution is 6.20. The van der Waals surface area contributed by atoms with Gasteiger partial charge in [-0.25, -0.2) is 8.78 Å². The molecule has 2 unspecified atom stereocenters. The van der Waals surface area contributed by atoms with E-state index in [0.29, 0.717) is 13.0 Å². The molecule has 1 saturated heterocycles. The molecule has 2 atom stereocenters. The summed E-state index contributed by atoms with van der Waals surface area (Å²) >= 11 is 6.05. The average Bonchev–Trinajstić information content (AvgIpc) is 2.21. The predicted octanol–water partition coefficient (Wildman–Crippen LogP) is 3.60. The summed E-state index contributed by atoms with van der Waals surface area (Å²) in [7, 11) is 0. The number of halogens is 3. The standard InChI is InChI=1S/C12H13ClF2O/c1-12(7-8(13)4-5-16-12)10-6-9(14)2-3-11(10)15/h2-3,6,8H,4-5,7H2,1H3. The van der Waals surface area contributed by atoms with Crippen LogP contribution in [0.4, 0.5) is 8.78 Å². The minimum atomic E-state index is -0.823. The second-order valence-corrected chi connectivity index (χ2v) is 4.91. The van der Waals surface area contributed by atoms with E-state index < -0.39 is 17.2 Å². The molecule has 1 aliphatic heterocycles. The molecule has 1 aromatic rings. The lowest BCUT2D eigenvalue weighted by Gasteiger charge is -2.36. The van der Waals surface area contributed by atoms with Gasteiger partial charge in [0, 0.05) is 17.5 Å². The van der Waals surface area contributed by atoms with Crippen molar-refractivity contribution in [2.24, 2.45) is 0 Å². The molecule has 1 aliphatic rings. The third kappa shape index (κ3) is 2.20. The predicted molar refractivity (Wildman–Crippen MR) is 58.5 cm³/mol. The molecule has 0 N–H and O–H groups in total. The Kier molecular flexibility index (Phi) is 3.17. The van der Waals surface area contributed by atoms with Crippen molar-refractivity contribution in [1.82, 2.24) is 0 Å². The zero-order valence-electron chi connectivity index (χ0n) is 8.97. The van der Waals surface area contributed by atoms with Gasteiger partial charge >= 0.3 is 0 Å². The highest BCUT2D eigenvalue weighted by Gasteiger charge is 2.36. The van der Waals surface area contributed by atoms with E-state index in [1.165, 1.54) is 6.07 Å². The summed E-state index contributed by atoms with van der Waals surface area (Å²) in [6.07, 6.45) is 1.24. The monoisotopic (exact) mass is 246 g/mol. The lowest BCUT2D eigenvalue weighted by atomic mass is 9.87. The summed E-state index contributed by atoms with van der Waals surface area (Å²) in [6.45, 7) is 2.22. The van der Waals surface area contributed by atoms with Crippen molar-refractivity contribution in [3.8, 4) is 0 Å².